The van der Waals surface area contributed by atoms with Gasteiger partial charge in [-0.15, -0.1) is 11.3 Å². The van der Waals surface area contributed by atoms with E-state index in [1.165, 1.54) is 11.3 Å². The first-order chi connectivity index (χ1) is 9.76. The lowest BCUT2D eigenvalue weighted by Gasteiger charge is -2.00. The van der Waals surface area contributed by atoms with Gasteiger partial charge in [-0.3, -0.25) is 4.79 Å². The molecule has 3 heterocycles. The molecule has 0 bridgehead atoms. The van der Waals surface area contributed by atoms with Gasteiger partial charge in [0, 0.05) is 30.5 Å². The molecule has 7 heteroatoms. The summed E-state index contributed by atoms with van der Waals surface area (Å²) in [6.45, 7) is 2.02. The predicted molar refractivity (Wildman–Crippen MR) is 79.2 cm³/mol. The molecule has 20 heavy (non-hydrogen) atoms. The van der Waals surface area contributed by atoms with Gasteiger partial charge in [-0.25, -0.2) is 4.98 Å². The second-order valence-electron chi connectivity index (χ2n) is 4.44. The first kappa shape index (κ1) is 13.7. The van der Waals surface area contributed by atoms with E-state index in [2.05, 4.69) is 14.9 Å². The molecule has 0 spiro atoms. The van der Waals surface area contributed by atoms with Gasteiger partial charge in [0.2, 0.25) is 0 Å². The van der Waals surface area contributed by atoms with Gasteiger partial charge in [0.05, 0.1) is 23.7 Å². The Morgan fingerprint density at radius 2 is 2.45 bits per heavy atom. The van der Waals surface area contributed by atoms with Gasteiger partial charge < -0.3 is 14.6 Å². The SMILES string of the molecule is COCc1ccc(C(=O)NCc2cn3c(n2)SCC3)s1. The van der Waals surface area contributed by atoms with E-state index in [1.54, 1.807) is 18.9 Å². The molecule has 3 rings (SSSR count). The lowest BCUT2D eigenvalue weighted by atomic mass is 10.4. The number of amides is 1. The summed E-state index contributed by atoms with van der Waals surface area (Å²) in [6, 6.07) is 3.75. The van der Waals surface area contributed by atoms with E-state index in [4.69, 9.17) is 4.74 Å². The lowest BCUT2D eigenvalue weighted by molar-refractivity contribution is 0.0954. The number of methoxy groups -OCH3 is 1. The van der Waals surface area contributed by atoms with Gasteiger partial charge in [0.1, 0.15) is 0 Å². The monoisotopic (exact) mass is 309 g/mol. The minimum atomic E-state index is -0.0573. The van der Waals surface area contributed by atoms with E-state index in [-0.39, 0.29) is 5.91 Å². The molecule has 0 aliphatic carbocycles. The number of carbonyl (C=O) groups excluding carboxylic acids is 1. The van der Waals surface area contributed by atoms with Crippen molar-refractivity contribution in [3.8, 4) is 0 Å². The number of aromatic nitrogens is 2. The largest absolute Gasteiger partial charge is 0.379 e. The summed E-state index contributed by atoms with van der Waals surface area (Å²) in [4.78, 5) is 18.3. The third-order valence-corrected chi connectivity index (χ3v) is 4.98. The van der Waals surface area contributed by atoms with Crippen molar-refractivity contribution in [2.45, 2.75) is 24.9 Å². The van der Waals surface area contributed by atoms with Crippen LogP contribution in [0.25, 0.3) is 0 Å². The van der Waals surface area contributed by atoms with Crippen LogP contribution in [-0.4, -0.2) is 28.3 Å². The molecule has 106 valence electrons. The first-order valence-electron chi connectivity index (χ1n) is 6.31. The van der Waals surface area contributed by atoms with Crippen LogP contribution in [0.3, 0.4) is 0 Å². The fraction of sp³-hybridized carbons (Fsp3) is 0.385. The Balaban J connectivity index is 1.57. The number of imidazole rings is 1. The van der Waals surface area contributed by atoms with Crippen LogP contribution in [0.4, 0.5) is 0 Å². The van der Waals surface area contributed by atoms with Crippen LogP contribution >= 0.6 is 23.1 Å². The highest BCUT2D eigenvalue weighted by Crippen LogP contribution is 2.24. The van der Waals surface area contributed by atoms with Crippen LogP contribution in [0.15, 0.2) is 23.5 Å². The molecule has 1 aliphatic heterocycles. The van der Waals surface area contributed by atoms with E-state index in [1.807, 2.05) is 18.3 Å². The zero-order valence-electron chi connectivity index (χ0n) is 11.1. The smallest absolute Gasteiger partial charge is 0.261 e. The fourth-order valence-corrected chi connectivity index (χ4v) is 3.88. The molecule has 1 aliphatic rings. The Kier molecular flexibility index (Phi) is 4.09. The van der Waals surface area contributed by atoms with Gasteiger partial charge in [-0.1, -0.05) is 11.8 Å². The van der Waals surface area contributed by atoms with E-state index in [9.17, 15) is 4.79 Å². The number of thioether (sulfide) groups is 1. The minimum Gasteiger partial charge on any atom is -0.379 e. The molecule has 0 saturated carbocycles. The van der Waals surface area contributed by atoms with Gasteiger partial charge in [-0.2, -0.15) is 0 Å². The van der Waals surface area contributed by atoms with E-state index in [0.717, 1.165) is 28.0 Å². The van der Waals surface area contributed by atoms with E-state index in [0.29, 0.717) is 18.0 Å². The Bertz CT molecular complexity index is 599. The zero-order valence-corrected chi connectivity index (χ0v) is 12.7. The molecule has 2 aromatic rings. The second kappa shape index (κ2) is 5.99. The summed E-state index contributed by atoms with van der Waals surface area (Å²) in [5, 5.41) is 3.95. The molecular weight excluding hydrogens is 294 g/mol. The molecule has 0 atom stereocenters. The van der Waals surface area contributed by atoms with Gasteiger partial charge in [0.15, 0.2) is 5.16 Å². The quantitative estimate of drug-likeness (QED) is 0.919. The van der Waals surface area contributed by atoms with Crippen LogP contribution in [0.5, 0.6) is 0 Å². The molecule has 5 nitrogen and oxygen atoms in total. The predicted octanol–water partition coefficient (Wildman–Crippen LogP) is 2.13. The average Bonchev–Trinajstić information content (AvgIpc) is 3.11. The van der Waals surface area contributed by atoms with Crippen molar-refractivity contribution in [1.82, 2.24) is 14.9 Å². The van der Waals surface area contributed by atoms with Crippen molar-refractivity contribution in [3.63, 3.8) is 0 Å². The summed E-state index contributed by atoms with van der Waals surface area (Å²) in [5.74, 6) is 1.03. The van der Waals surface area contributed by atoms with Crippen molar-refractivity contribution in [1.29, 1.82) is 0 Å². The summed E-state index contributed by atoms with van der Waals surface area (Å²) in [5.41, 5.74) is 0.911. The van der Waals surface area contributed by atoms with Gasteiger partial charge in [0.25, 0.3) is 5.91 Å². The van der Waals surface area contributed by atoms with Crippen molar-refractivity contribution < 1.29 is 9.53 Å². The Hall–Kier alpha value is -1.31. The Morgan fingerprint density at radius 3 is 3.25 bits per heavy atom. The minimum absolute atomic E-state index is 0.0573. The topological polar surface area (TPSA) is 56.1 Å². The van der Waals surface area contributed by atoms with E-state index >= 15 is 0 Å². The van der Waals surface area contributed by atoms with Crippen molar-refractivity contribution in [3.05, 3.63) is 33.8 Å². The van der Waals surface area contributed by atoms with Gasteiger partial charge in [-0.05, 0) is 12.1 Å². The molecule has 0 aromatic carbocycles. The summed E-state index contributed by atoms with van der Waals surface area (Å²) < 4.78 is 7.18. The number of hydrogen-bond acceptors (Lipinski definition) is 5. The standard InChI is InChI=1S/C13H15N3O2S2/c1-18-8-10-2-3-11(20-10)12(17)14-6-9-7-16-4-5-19-13(16)15-9/h2-3,7H,4-6,8H2,1H3,(H,14,17). The third-order valence-electron chi connectivity index (χ3n) is 2.96. The first-order valence-corrected chi connectivity index (χ1v) is 8.11. The number of ether oxygens (including phenoxy) is 1. The van der Waals surface area contributed by atoms with Crippen LogP contribution in [0.1, 0.15) is 20.2 Å². The highest BCUT2D eigenvalue weighted by Gasteiger charge is 2.15. The van der Waals surface area contributed by atoms with Crippen LogP contribution in [-0.2, 0) is 24.4 Å². The van der Waals surface area contributed by atoms with Gasteiger partial charge >= 0.3 is 0 Å². The fourth-order valence-electron chi connectivity index (χ4n) is 2.02. The highest BCUT2D eigenvalue weighted by atomic mass is 32.2. The molecule has 0 radical (unpaired) electrons. The number of carbonyl (C=O) groups is 1. The summed E-state index contributed by atoms with van der Waals surface area (Å²) in [6.07, 6.45) is 2.01. The van der Waals surface area contributed by atoms with Crippen LogP contribution in [0, 0.1) is 0 Å². The number of fused-ring (bicyclic) bond motifs is 1. The molecule has 2 aromatic heterocycles. The number of hydrogen-bond donors (Lipinski definition) is 1. The number of nitrogens with zero attached hydrogens (tertiary/aromatic N) is 2. The molecule has 0 fully saturated rings. The van der Waals surface area contributed by atoms with Crippen LogP contribution in [0.2, 0.25) is 0 Å². The van der Waals surface area contributed by atoms with Crippen molar-refractivity contribution in [2.75, 3.05) is 12.9 Å². The van der Waals surface area contributed by atoms with Crippen LogP contribution < -0.4 is 5.32 Å². The number of aryl methyl sites for hydroxylation is 1. The van der Waals surface area contributed by atoms with Crippen molar-refractivity contribution >= 4 is 29.0 Å². The van der Waals surface area contributed by atoms with E-state index < -0.39 is 0 Å². The number of thiophene rings is 1. The Morgan fingerprint density at radius 1 is 1.55 bits per heavy atom. The molecule has 1 amide bonds. The molecular formula is C13H15N3O2S2. The third kappa shape index (κ3) is 2.89. The summed E-state index contributed by atoms with van der Waals surface area (Å²) >= 11 is 3.21. The Labute approximate surface area is 125 Å². The average molecular weight is 309 g/mol. The molecule has 0 saturated heterocycles. The number of rotatable bonds is 5. The zero-order chi connectivity index (χ0) is 13.9. The number of nitrogens with one attached hydrogen (secondary N) is 1. The van der Waals surface area contributed by atoms with Crippen molar-refractivity contribution in [2.24, 2.45) is 0 Å². The maximum atomic E-state index is 12.0. The molecule has 1 N–H and O–H groups in total. The highest BCUT2D eigenvalue weighted by molar-refractivity contribution is 7.99. The maximum absolute atomic E-state index is 12.0. The lowest BCUT2D eigenvalue weighted by Crippen LogP contribution is -2.22. The summed E-state index contributed by atoms with van der Waals surface area (Å²) in [7, 11) is 1.65. The molecule has 0 unspecified atom stereocenters. The normalized spacial score (nSPS) is 13.4. The second-order valence-corrected chi connectivity index (χ2v) is 6.67. The maximum Gasteiger partial charge on any atom is 0.261 e.